The molecule has 1 atom stereocenters. The molecule has 1 fully saturated rings. The van der Waals surface area contributed by atoms with Gasteiger partial charge in [-0.15, -0.1) is 11.3 Å². The van der Waals surface area contributed by atoms with Gasteiger partial charge in [0, 0.05) is 12.5 Å². The number of nitriles is 1. The Morgan fingerprint density at radius 1 is 1.60 bits per heavy atom. The summed E-state index contributed by atoms with van der Waals surface area (Å²) in [5.74, 6) is 0.461. The minimum atomic E-state index is 0.461. The third kappa shape index (κ3) is 2.19. The zero-order chi connectivity index (χ0) is 10.8. The lowest BCUT2D eigenvalue weighted by molar-refractivity contribution is 0.248. The first-order chi connectivity index (χ1) is 7.20. The van der Waals surface area contributed by atoms with E-state index >= 15 is 0 Å². The van der Waals surface area contributed by atoms with Crippen molar-refractivity contribution in [1.82, 2.24) is 9.88 Å². The summed E-state index contributed by atoms with van der Waals surface area (Å²) in [5.41, 5.74) is 1.03. The van der Waals surface area contributed by atoms with Crippen LogP contribution in [-0.4, -0.2) is 30.0 Å². The first-order valence-electron chi connectivity index (χ1n) is 5.26. The summed E-state index contributed by atoms with van der Waals surface area (Å²) in [7, 11) is 2.14. The van der Waals surface area contributed by atoms with Crippen molar-refractivity contribution in [1.29, 1.82) is 5.26 Å². The van der Waals surface area contributed by atoms with E-state index in [1.54, 1.807) is 0 Å². The molecule has 80 valence electrons. The third-order valence-electron chi connectivity index (χ3n) is 2.87. The highest BCUT2D eigenvalue weighted by Gasteiger charge is 2.24. The van der Waals surface area contributed by atoms with Crippen LogP contribution in [0.5, 0.6) is 0 Å². The molecule has 2 rings (SSSR count). The maximum atomic E-state index is 9.04. The molecule has 3 nitrogen and oxygen atoms in total. The molecule has 0 bridgehead atoms. The molecular formula is C11H15N3S. The Labute approximate surface area is 94.4 Å². The first kappa shape index (κ1) is 10.6. The molecule has 0 radical (unpaired) electrons. The maximum absolute atomic E-state index is 9.04. The van der Waals surface area contributed by atoms with Crippen LogP contribution in [-0.2, 0) is 0 Å². The van der Waals surface area contributed by atoms with Crippen molar-refractivity contribution < 1.29 is 0 Å². The lowest BCUT2D eigenvalue weighted by atomic mass is 9.94. The Kier molecular flexibility index (Phi) is 3.03. The van der Waals surface area contributed by atoms with Crippen molar-refractivity contribution in [3.05, 3.63) is 15.6 Å². The quantitative estimate of drug-likeness (QED) is 0.729. The Morgan fingerprint density at radius 2 is 2.40 bits per heavy atom. The van der Waals surface area contributed by atoms with E-state index in [-0.39, 0.29) is 0 Å². The highest BCUT2D eigenvalue weighted by Crippen LogP contribution is 2.30. The normalized spacial score (nSPS) is 22.6. The van der Waals surface area contributed by atoms with Crippen molar-refractivity contribution in [3.8, 4) is 6.07 Å². The number of likely N-dealkylation sites (N-methyl/N-ethyl adjacent to an activating group) is 1. The Morgan fingerprint density at radius 3 is 3.07 bits per heavy atom. The number of hydrogen-bond acceptors (Lipinski definition) is 4. The fourth-order valence-electron chi connectivity index (χ4n) is 2.19. The van der Waals surface area contributed by atoms with Gasteiger partial charge in [-0.25, -0.2) is 4.98 Å². The number of thiazole rings is 1. The molecule has 0 aromatic carbocycles. The lowest BCUT2D eigenvalue weighted by Crippen LogP contribution is -2.31. The van der Waals surface area contributed by atoms with E-state index < -0.39 is 0 Å². The zero-order valence-electron chi connectivity index (χ0n) is 9.16. The molecule has 0 amide bonds. The zero-order valence-corrected chi connectivity index (χ0v) is 9.97. The van der Waals surface area contributed by atoms with E-state index in [9.17, 15) is 0 Å². The van der Waals surface area contributed by atoms with Gasteiger partial charge in [-0.05, 0) is 33.4 Å². The SMILES string of the molecule is Cc1nc(C2CCCN(C)C2)c(C#N)s1. The summed E-state index contributed by atoms with van der Waals surface area (Å²) in [6.45, 7) is 4.18. The Balaban J connectivity index is 2.24. The van der Waals surface area contributed by atoms with Gasteiger partial charge in [-0.2, -0.15) is 5.26 Å². The van der Waals surface area contributed by atoms with Crippen molar-refractivity contribution in [2.24, 2.45) is 0 Å². The highest BCUT2D eigenvalue weighted by molar-refractivity contribution is 7.12. The van der Waals surface area contributed by atoms with Gasteiger partial charge in [0.2, 0.25) is 0 Å². The standard InChI is InChI=1S/C11H15N3S/c1-8-13-11(10(6-12)15-8)9-4-3-5-14(2)7-9/h9H,3-5,7H2,1-2H3. The van der Waals surface area contributed by atoms with Crippen LogP contribution < -0.4 is 0 Å². The Bertz CT molecular complexity index is 391. The summed E-state index contributed by atoms with van der Waals surface area (Å²) < 4.78 is 0. The first-order valence-corrected chi connectivity index (χ1v) is 6.08. The van der Waals surface area contributed by atoms with Crippen LogP contribution >= 0.6 is 11.3 Å². The van der Waals surface area contributed by atoms with Gasteiger partial charge in [-0.1, -0.05) is 0 Å². The van der Waals surface area contributed by atoms with E-state index in [0.717, 1.165) is 22.1 Å². The largest absolute Gasteiger partial charge is 0.306 e. The molecule has 1 aromatic heterocycles. The number of aryl methyl sites for hydroxylation is 1. The maximum Gasteiger partial charge on any atom is 0.128 e. The van der Waals surface area contributed by atoms with Gasteiger partial charge in [-0.3, -0.25) is 0 Å². The molecule has 0 N–H and O–H groups in total. The van der Waals surface area contributed by atoms with Crippen LogP contribution in [0.1, 0.15) is 34.3 Å². The number of aromatic nitrogens is 1. The topological polar surface area (TPSA) is 39.9 Å². The summed E-state index contributed by atoms with van der Waals surface area (Å²) >= 11 is 1.52. The van der Waals surface area contributed by atoms with E-state index in [1.807, 2.05) is 6.92 Å². The van der Waals surface area contributed by atoms with Crippen LogP contribution in [0.25, 0.3) is 0 Å². The molecule has 15 heavy (non-hydrogen) atoms. The van der Waals surface area contributed by atoms with Crippen LogP contribution in [0, 0.1) is 18.3 Å². The highest BCUT2D eigenvalue weighted by atomic mass is 32.1. The van der Waals surface area contributed by atoms with Crippen molar-refractivity contribution in [3.63, 3.8) is 0 Å². The smallest absolute Gasteiger partial charge is 0.128 e. The summed E-state index contributed by atoms with van der Waals surface area (Å²) in [5, 5.41) is 10.0. The molecule has 2 heterocycles. The van der Waals surface area contributed by atoms with Gasteiger partial charge in [0.1, 0.15) is 10.9 Å². The molecule has 1 aliphatic heterocycles. The molecule has 0 aliphatic carbocycles. The second-order valence-electron chi connectivity index (χ2n) is 4.16. The van der Waals surface area contributed by atoms with Crippen molar-refractivity contribution in [2.75, 3.05) is 20.1 Å². The summed E-state index contributed by atoms with van der Waals surface area (Å²) in [6.07, 6.45) is 2.38. The molecular weight excluding hydrogens is 206 g/mol. The number of hydrogen-bond donors (Lipinski definition) is 0. The van der Waals surface area contributed by atoms with Crippen LogP contribution in [0.4, 0.5) is 0 Å². The van der Waals surface area contributed by atoms with Crippen molar-refractivity contribution >= 4 is 11.3 Å². The lowest BCUT2D eigenvalue weighted by Gasteiger charge is -2.28. The second kappa shape index (κ2) is 4.30. The number of rotatable bonds is 1. The molecule has 1 aromatic rings. The monoisotopic (exact) mass is 221 g/mol. The van der Waals surface area contributed by atoms with Gasteiger partial charge in [0.05, 0.1) is 10.7 Å². The van der Waals surface area contributed by atoms with E-state index in [0.29, 0.717) is 5.92 Å². The predicted molar refractivity (Wildman–Crippen MR) is 61.0 cm³/mol. The van der Waals surface area contributed by atoms with Gasteiger partial charge >= 0.3 is 0 Å². The van der Waals surface area contributed by atoms with E-state index in [4.69, 9.17) is 5.26 Å². The number of nitrogens with zero attached hydrogens (tertiary/aromatic N) is 3. The molecule has 1 saturated heterocycles. The molecule has 0 saturated carbocycles. The average molecular weight is 221 g/mol. The fourth-order valence-corrected chi connectivity index (χ4v) is 2.99. The average Bonchev–Trinajstić information content (AvgIpc) is 2.59. The van der Waals surface area contributed by atoms with Gasteiger partial charge in [0.15, 0.2) is 0 Å². The van der Waals surface area contributed by atoms with Gasteiger partial charge < -0.3 is 4.90 Å². The van der Waals surface area contributed by atoms with Crippen LogP contribution in [0.15, 0.2) is 0 Å². The molecule has 1 aliphatic rings. The fraction of sp³-hybridized carbons (Fsp3) is 0.636. The minimum Gasteiger partial charge on any atom is -0.306 e. The van der Waals surface area contributed by atoms with Gasteiger partial charge in [0.25, 0.3) is 0 Å². The van der Waals surface area contributed by atoms with E-state index in [2.05, 4.69) is 23.0 Å². The molecule has 1 unspecified atom stereocenters. The number of piperidine rings is 1. The Hall–Kier alpha value is -0.920. The number of likely N-dealkylation sites (tertiary alicyclic amines) is 1. The van der Waals surface area contributed by atoms with E-state index in [1.165, 1.54) is 30.7 Å². The van der Waals surface area contributed by atoms with Crippen molar-refractivity contribution in [2.45, 2.75) is 25.7 Å². The van der Waals surface area contributed by atoms with Crippen LogP contribution in [0.2, 0.25) is 0 Å². The second-order valence-corrected chi connectivity index (χ2v) is 5.36. The third-order valence-corrected chi connectivity index (χ3v) is 3.76. The van der Waals surface area contributed by atoms with Crippen LogP contribution in [0.3, 0.4) is 0 Å². The summed E-state index contributed by atoms with van der Waals surface area (Å²) in [4.78, 5) is 7.65. The minimum absolute atomic E-state index is 0.461. The molecule has 4 heteroatoms. The molecule has 0 spiro atoms. The summed E-state index contributed by atoms with van der Waals surface area (Å²) in [6, 6.07) is 2.27. The predicted octanol–water partition coefficient (Wildman–Crippen LogP) is 2.13.